The van der Waals surface area contributed by atoms with Gasteiger partial charge in [-0.1, -0.05) is 19.4 Å². The van der Waals surface area contributed by atoms with Gasteiger partial charge in [0.15, 0.2) is 0 Å². The van der Waals surface area contributed by atoms with Gasteiger partial charge < -0.3 is 5.73 Å². The van der Waals surface area contributed by atoms with Crippen molar-refractivity contribution in [3.63, 3.8) is 0 Å². The van der Waals surface area contributed by atoms with E-state index < -0.39 is 0 Å². The van der Waals surface area contributed by atoms with Gasteiger partial charge in [0, 0.05) is 6.04 Å². The maximum absolute atomic E-state index is 12.9. The second-order valence-electron chi connectivity index (χ2n) is 3.50. The first-order valence-electron chi connectivity index (χ1n) is 4.83. The summed E-state index contributed by atoms with van der Waals surface area (Å²) in [6, 6.07) is 5.23. The van der Waals surface area contributed by atoms with Crippen LogP contribution in [0.15, 0.2) is 22.7 Å². The molecule has 0 radical (unpaired) electrons. The molecule has 0 aliphatic carbocycles. The number of halogens is 2. The van der Waals surface area contributed by atoms with Crippen molar-refractivity contribution in [1.29, 1.82) is 0 Å². The summed E-state index contributed by atoms with van der Waals surface area (Å²) in [6.07, 6.45) is 2.91. The molecule has 0 spiro atoms. The van der Waals surface area contributed by atoms with Gasteiger partial charge in [-0.3, -0.25) is 0 Å². The van der Waals surface area contributed by atoms with Gasteiger partial charge in [-0.25, -0.2) is 4.39 Å². The second-order valence-corrected chi connectivity index (χ2v) is 4.36. The lowest BCUT2D eigenvalue weighted by Gasteiger charge is -2.10. The van der Waals surface area contributed by atoms with Gasteiger partial charge in [0.25, 0.3) is 0 Å². The average Bonchev–Trinajstić information content (AvgIpc) is 2.12. The summed E-state index contributed by atoms with van der Waals surface area (Å²) in [5, 5.41) is 0. The number of hydrogen-bond donors (Lipinski definition) is 1. The topological polar surface area (TPSA) is 26.0 Å². The van der Waals surface area contributed by atoms with Crippen molar-refractivity contribution < 1.29 is 4.39 Å². The fraction of sp³-hybridized carbons (Fsp3) is 0.455. The van der Waals surface area contributed by atoms with E-state index in [1.165, 1.54) is 6.07 Å². The van der Waals surface area contributed by atoms with E-state index >= 15 is 0 Å². The zero-order valence-corrected chi connectivity index (χ0v) is 9.85. The Morgan fingerprint density at radius 1 is 1.50 bits per heavy atom. The van der Waals surface area contributed by atoms with Crippen LogP contribution in [0.5, 0.6) is 0 Å². The summed E-state index contributed by atoms with van der Waals surface area (Å²) >= 11 is 3.16. The minimum Gasteiger partial charge on any atom is -0.327 e. The van der Waals surface area contributed by atoms with Gasteiger partial charge in [0.1, 0.15) is 5.82 Å². The molecular weight excluding hydrogens is 245 g/mol. The first kappa shape index (κ1) is 11.7. The Balaban J connectivity index is 2.63. The molecule has 0 heterocycles. The number of hydrogen-bond acceptors (Lipinski definition) is 1. The van der Waals surface area contributed by atoms with Crippen molar-refractivity contribution in [2.24, 2.45) is 5.73 Å². The quantitative estimate of drug-likeness (QED) is 0.883. The van der Waals surface area contributed by atoms with Crippen LogP contribution in [0.4, 0.5) is 4.39 Å². The molecular formula is C11H15BrFN. The van der Waals surface area contributed by atoms with E-state index in [2.05, 4.69) is 22.9 Å². The number of nitrogens with two attached hydrogens (primary N) is 1. The van der Waals surface area contributed by atoms with E-state index in [1.807, 2.05) is 0 Å². The Morgan fingerprint density at radius 3 is 2.79 bits per heavy atom. The Hall–Kier alpha value is -0.410. The predicted molar refractivity (Wildman–Crippen MR) is 60.7 cm³/mol. The van der Waals surface area contributed by atoms with Crippen LogP contribution in [0.2, 0.25) is 0 Å². The summed E-state index contributed by atoms with van der Waals surface area (Å²) < 4.78 is 13.4. The van der Waals surface area contributed by atoms with Crippen molar-refractivity contribution in [3.05, 3.63) is 34.1 Å². The summed E-state index contributed by atoms with van der Waals surface area (Å²) in [7, 11) is 0. The molecule has 1 nitrogen and oxygen atoms in total. The molecule has 1 rings (SSSR count). The number of benzene rings is 1. The van der Waals surface area contributed by atoms with Gasteiger partial charge in [-0.15, -0.1) is 0 Å². The van der Waals surface area contributed by atoms with E-state index in [0.29, 0.717) is 4.47 Å². The summed E-state index contributed by atoms with van der Waals surface area (Å²) in [6.45, 7) is 2.11. The normalized spacial score (nSPS) is 12.9. The molecule has 1 aromatic carbocycles. The second kappa shape index (κ2) is 5.47. The molecule has 0 saturated carbocycles. The highest BCUT2D eigenvalue weighted by atomic mass is 79.9. The Bertz CT molecular complexity index is 301. The van der Waals surface area contributed by atoms with Crippen LogP contribution >= 0.6 is 15.9 Å². The Labute approximate surface area is 92.6 Å². The molecule has 0 bridgehead atoms. The maximum Gasteiger partial charge on any atom is 0.137 e. The first-order valence-corrected chi connectivity index (χ1v) is 5.62. The van der Waals surface area contributed by atoms with E-state index in [9.17, 15) is 4.39 Å². The largest absolute Gasteiger partial charge is 0.327 e. The van der Waals surface area contributed by atoms with Gasteiger partial charge in [-0.2, -0.15) is 0 Å². The molecule has 1 atom stereocenters. The fourth-order valence-electron chi connectivity index (χ4n) is 1.44. The molecule has 0 aliphatic rings. The highest BCUT2D eigenvalue weighted by Gasteiger charge is 2.05. The van der Waals surface area contributed by atoms with Crippen molar-refractivity contribution in [1.82, 2.24) is 0 Å². The van der Waals surface area contributed by atoms with E-state index in [0.717, 1.165) is 24.8 Å². The van der Waals surface area contributed by atoms with Crippen molar-refractivity contribution >= 4 is 15.9 Å². The third-order valence-electron chi connectivity index (χ3n) is 2.14. The zero-order chi connectivity index (χ0) is 10.6. The minimum atomic E-state index is -0.224. The van der Waals surface area contributed by atoms with Gasteiger partial charge >= 0.3 is 0 Å². The maximum atomic E-state index is 12.9. The van der Waals surface area contributed by atoms with E-state index in [-0.39, 0.29) is 11.9 Å². The van der Waals surface area contributed by atoms with Gasteiger partial charge in [0.2, 0.25) is 0 Å². The lowest BCUT2D eigenvalue weighted by atomic mass is 10.0. The smallest absolute Gasteiger partial charge is 0.137 e. The molecule has 0 fully saturated rings. The van der Waals surface area contributed by atoms with Crippen molar-refractivity contribution in [2.75, 3.05) is 0 Å². The molecule has 3 heteroatoms. The SMILES string of the molecule is CCCC(N)Cc1ccc(F)c(Br)c1. The third kappa shape index (κ3) is 3.39. The van der Waals surface area contributed by atoms with Crippen LogP contribution in [-0.2, 0) is 6.42 Å². The highest BCUT2D eigenvalue weighted by molar-refractivity contribution is 9.10. The molecule has 2 N–H and O–H groups in total. The molecule has 0 saturated heterocycles. The van der Waals surface area contributed by atoms with Crippen molar-refractivity contribution in [3.8, 4) is 0 Å². The van der Waals surface area contributed by atoms with Crippen LogP contribution in [0.25, 0.3) is 0 Å². The van der Waals surface area contributed by atoms with E-state index in [4.69, 9.17) is 5.73 Å². The molecule has 0 amide bonds. The molecule has 1 aromatic rings. The molecule has 78 valence electrons. The Morgan fingerprint density at radius 2 is 2.21 bits per heavy atom. The summed E-state index contributed by atoms with van der Waals surface area (Å²) in [4.78, 5) is 0. The third-order valence-corrected chi connectivity index (χ3v) is 2.75. The number of rotatable bonds is 4. The lowest BCUT2D eigenvalue weighted by Crippen LogP contribution is -2.22. The fourth-order valence-corrected chi connectivity index (χ4v) is 1.87. The predicted octanol–water partition coefficient (Wildman–Crippen LogP) is 3.26. The Kier molecular flexibility index (Phi) is 4.55. The van der Waals surface area contributed by atoms with Crippen LogP contribution in [-0.4, -0.2) is 6.04 Å². The van der Waals surface area contributed by atoms with Crippen LogP contribution in [0, 0.1) is 5.82 Å². The molecule has 14 heavy (non-hydrogen) atoms. The van der Waals surface area contributed by atoms with Gasteiger partial charge in [-0.05, 0) is 46.5 Å². The van der Waals surface area contributed by atoms with Crippen LogP contribution in [0.1, 0.15) is 25.3 Å². The van der Waals surface area contributed by atoms with Crippen LogP contribution in [0.3, 0.4) is 0 Å². The minimum absolute atomic E-state index is 0.178. The first-order chi connectivity index (χ1) is 6.63. The molecule has 1 unspecified atom stereocenters. The summed E-state index contributed by atoms with van der Waals surface area (Å²) in [5.41, 5.74) is 6.98. The zero-order valence-electron chi connectivity index (χ0n) is 8.26. The van der Waals surface area contributed by atoms with Crippen molar-refractivity contribution in [2.45, 2.75) is 32.2 Å². The lowest BCUT2D eigenvalue weighted by molar-refractivity contribution is 0.595. The molecule has 0 aliphatic heterocycles. The average molecular weight is 260 g/mol. The monoisotopic (exact) mass is 259 g/mol. The standard InChI is InChI=1S/C11H15BrFN/c1-2-3-9(14)6-8-4-5-11(13)10(12)7-8/h4-5,7,9H,2-3,6,14H2,1H3. The van der Waals surface area contributed by atoms with Gasteiger partial charge in [0.05, 0.1) is 4.47 Å². The van der Waals surface area contributed by atoms with Crippen LogP contribution < -0.4 is 5.73 Å². The highest BCUT2D eigenvalue weighted by Crippen LogP contribution is 2.18. The van der Waals surface area contributed by atoms with E-state index in [1.54, 1.807) is 12.1 Å². The summed E-state index contributed by atoms with van der Waals surface area (Å²) in [5.74, 6) is -0.224. The molecule has 0 aromatic heterocycles.